The Balaban J connectivity index is 2.33. The molecule has 0 amide bonds. The average Bonchev–Trinajstić information content (AvgIpc) is 2.92. The van der Waals surface area contributed by atoms with Gasteiger partial charge < -0.3 is 9.15 Å². The molecule has 3 nitrogen and oxygen atoms in total. The van der Waals surface area contributed by atoms with Crippen molar-refractivity contribution in [2.75, 3.05) is 7.11 Å². The quantitative estimate of drug-likeness (QED) is 0.512. The minimum Gasteiger partial charge on any atom is -0.463 e. The highest BCUT2D eigenvalue weighted by atomic mass is 35.5. The van der Waals surface area contributed by atoms with E-state index >= 15 is 0 Å². The number of methoxy groups -OCH3 is 1. The fourth-order valence-electron chi connectivity index (χ4n) is 2.89. The van der Waals surface area contributed by atoms with Gasteiger partial charge in [-0.25, -0.2) is 4.79 Å². The van der Waals surface area contributed by atoms with E-state index in [-0.39, 0.29) is 11.7 Å². The maximum atomic E-state index is 12.1. The standard InChI is InChI=1S/C19H16Cl2O3/c1-10(2)16-15-6-4-5-14(11-7-12(20)9-13(21)8-11)17(15)24-18(16)19(22)23-3/h4-10H,1-3H3. The first-order valence-electron chi connectivity index (χ1n) is 7.52. The van der Waals surface area contributed by atoms with Crippen molar-refractivity contribution in [1.29, 1.82) is 0 Å². The maximum Gasteiger partial charge on any atom is 0.374 e. The molecule has 24 heavy (non-hydrogen) atoms. The number of esters is 1. The molecule has 0 spiro atoms. The maximum absolute atomic E-state index is 12.1. The number of rotatable bonds is 3. The van der Waals surface area contributed by atoms with Gasteiger partial charge in [0.1, 0.15) is 5.58 Å². The van der Waals surface area contributed by atoms with Crippen LogP contribution in [-0.2, 0) is 4.74 Å². The van der Waals surface area contributed by atoms with Crippen LogP contribution in [0.1, 0.15) is 35.9 Å². The number of carbonyl (C=O) groups is 1. The third-order valence-corrected chi connectivity index (χ3v) is 4.31. The van der Waals surface area contributed by atoms with Gasteiger partial charge in [-0.3, -0.25) is 0 Å². The van der Waals surface area contributed by atoms with Crippen molar-refractivity contribution in [2.45, 2.75) is 19.8 Å². The lowest BCUT2D eigenvalue weighted by Crippen LogP contribution is -2.03. The van der Waals surface area contributed by atoms with E-state index in [1.165, 1.54) is 7.11 Å². The van der Waals surface area contributed by atoms with E-state index in [2.05, 4.69) is 0 Å². The fourth-order valence-corrected chi connectivity index (χ4v) is 3.42. The second-order valence-corrected chi connectivity index (χ2v) is 6.70. The molecule has 0 aliphatic carbocycles. The van der Waals surface area contributed by atoms with Crippen LogP contribution in [0.5, 0.6) is 0 Å². The number of hydrogen-bond acceptors (Lipinski definition) is 3. The van der Waals surface area contributed by atoms with Crippen LogP contribution in [0, 0.1) is 0 Å². The molecule has 1 aromatic heterocycles. The molecule has 3 rings (SSSR count). The number of fused-ring (bicyclic) bond motifs is 1. The Labute approximate surface area is 150 Å². The van der Waals surface area contributed by atoms with Crippen LogP contribution in [0.4, 0.5) is 0 Å². The minimum atomic E-state index is -0.482. The van der Waals surface area contributed by atoms with Crippen molar-refractivity contribution >= 4 is 40.1 Å². The first-order chi connectivity index (χ1) is 11.4. The number of carbonyl (C=O) groups excluding carboxylic acids is 1. The molecular weight excluding hydrogens is 347 g/mol. The summed E-state index contributed by atoms with van der Waals surface area (Å²) in [5.74, 6) is -0.133. The molecule has 0 radical (unpaired) electrons. The van der Waals surface area contributed by atoms with Crippen molar-refractivity contribution in [1.82, 2.24) is 0 Å². The first-order valence-corrected chi connectivity index (χ1v) is 8.28. The molecule has 0 N–H and O–H groups in total. The van der Waals surface area contributed by atoms with E-state index in [0.29, 0.717) is 15.6 Å². The zero-order valence-corrected chi connectivity index (χ0v) is 15.0. The molecule has 124 valence electrons. The summed E-state index contributed by atoms with van der Waals surface area (Å²) in [7, 11) is 1.34. The summed E-state index contributed by atoms with van der Waals surface area (Å²) < 4.78 is 10.8. The van der Waals surface area contributed by atoms with E-state index in [4.69, 9.17) is 32.4 Å². The van der Waals surface area contributed by atoms with E-state index in [1.807, 2.05) is 44.2 Å². The van der Waals surface area contributed by atoms with Gasteiger partial charge in [-0.1, -0.05) is 55.2 Å². The Kier molecular flexibility index (Phi) is 4.57. The summed E-state index contributed by atoms with van der Waals surface area (Å²) in [5, 5.41) is 1.97. The van der Waals surface area contributed by atoms with E-state index in [0.717, 1.165) is 22.1 Å². The Hall–Kier alpha value is -1.97. The molecule has 0 bridgehead atoms. The van der Waals surface area contributed by atoms with Gasteiger partial charge >= 0.3 is 5.97 Å². The molecule has 0 saturated heterocycles. The van der Waals surface area contributed by atoms with Gasteiger partial charge in [-0.05, 0) is 29.7 Å². The monoisotopic (exact) mass is 362 g/mol. The smallest absolute Gasteiger partial charge is 0.374 e. The predicted molar refractivity (Wildman–Crippen MR) is 97.1 cm³/mol. The van der Waals surface area contributed by atoms with Crippen molar-refractivity contribution in [3.63, 3.8) is 0 Å². The van der Waals surface area contributed by atoms with Gasteiger partial charge in [0, 0.05) is 26.6 Å². The van der Waals surface area contributed by atoms with E-state index in [9.17, 15) is 4.79 Å². The molecule has 0 saturated carbocycles. The molecule has 0 fully saturated rings. The third kappa shape index (κ3) is 2.90. The number of benzene rings is 2. The lowest BCUT2D eigenvalue weighted by atomic mass is 9.96. The molecule has 0 unspecified atom stereocenters. The molecule has 3 aromatic rings. The molecular formula is C19H16Cl2O3. The molecule has 2 aromatic carbocycles. The first kappa shape index (κ1) is 16.9. The highest BCUT2D eigenvalue weighted by Gasteiger charge is 2.24. The van der Waals surface area contributed by atoms with Crippen LogP contribution in [0.15, 0.2) is 40.8 Å². The number of hydrogen-bond donors (Lipinski definition) is 0. The summed E-state index contributed by atoms with van der Waals surface area (Å²) in [5.41, 5.74) is 3.12. The highest BCUT2D eigenvalue weighted by Crippen LogP contribution is 2.39. The molecule has 1 heterocycles. The van der Waals surface area contributed by atoms with E-state index < -0.39 is 5.97 Å². The molecule has 5 heteroatoms. The summed E-state index contributed by atoms with van der Waals surface area (Å²) in [6, 6.07) is 11.1. The van der Waals surface area contributed by atoms with Gasteiger partial charge in [0.05, 0.1) is 7.11 Å². The van der Waals surface area contributed by atoms with Crippen molar-refractivity contribution < 1.29 is 13.9 Å². The van der Waals surface area contributed by atoms with Crippen molar-refractivity contribution in [2.24, 2.45) is 0 Å². The van der Waals surface area contributed by atoms with Gasteiger partial charge in [0.15, 0.2) is 0 Å². The fraction of sp³-hybridized carbons (Fsp3) is 0.211. The van der Waals surface area contributed by atoms with Crippen LogP contribution in [-0.4, -0.2) is 13.1 Å². The second kappa shape index (κ2) is 6.50. The second-order valence-electron chi connectivity index (χ2n) is 5.83. The Morgan fingerprint density at radius 2 is 1.79 bits per heavy atom. The lowest BCUT2D eigenvalue weighted by Gasteiger charge is -2.06. The molecule has 0 aliphatic rings. The van der Waals surface area contributed by atoms with E-state index in [1.54, 1.807) is 6.07 Å². The zero-order valence-electron chi connectivity index (χ0n) is 13.5. The largest absolute Gasteiger partial charge is 0.463 e. The minimum absolute atomic E-state index is 0.110. The summed E-state index contributed by atoms with van der Waals surface area (Å²) in [6.07, 6.45) is 0. The van der Waals surface area contributed by atoms with Crippen LogP contribution >= 0.6 is 23.2 Å². The number of furan rings is 1. The Bertz CT molecular complexity index is 906. The zero-order chi connectivity index (χ0) is 17.4. The Morgan fingerprint density at radius 3 is 2.38 bits per heavy atom. The summed E-state index contributed by atoms with van der Waals surface area (Å²) >= 11 is 12.2. The van der Waals surface area contributed by atoms with Crippen molar-refractivity contribution in [3.8, 4) is 11.1 Å². The number of ether oxygens (including phenoxy) is 1. The number of halogens is 2. The summed E-state index contributed by atoms with van der Waals surface area (Å²) in [6.45, 7) is 4.03. The number of para-hydroxylation sites is 1. The van der Waals surface area contributed by atoms with Gasteiger partial charge in [0.25, 0.3) is 0 Å². The van der Waals surface area contributed by atoms with Gasteiger partial charge in [0.2, 0.25) is 5.76 Å². The van der Waals surface area contributed by atoms with Crippen LogP contribution in [0.25, 0.3) is 22.1 Å². The van der Waals surface area contributed by atoms with Crippen LogP contribution < -0.4 is 0 Å². The lowest BCUT2D eigenvalue weighted by molar-refractivity contribution is 0.0565. The molecule has 0 aliphatic heterocycles. The van der Waals surface area contributed by atoms with Crippen LogP contribution in [0.2, 0.25) is 10.0 Å². The third-order valence-electron chi connectivity index (χ3n) is 3.88. The topological polar surface area (TPSA) is 39.4 Å². The predicted octanol–water partition coefficient (Wildman–Crippen LogP) is 6.32. The van der Waals surface area contributed by atoms with Gasteiger partial charge in [-0.15, -0.1) is 0 Å². The molecule has 0 atom stereocenters. The summed E-state index contributed by atoms with van der Waals surface area (Å²) in [4.78, 5) is 12.1. The van der Waals surface area contributed by atoms with Crippen LogP contribution in [0.3, 0.4) is 0 Å². The highest BCUT2D eigenvalue weighted by molar-refractivity contribution is 6.35. The average molecular weight is 363 g/mol. The SMILES string of the molecule is COC(=O)c1oc2c(-c3cc(Cl)cc(Cl)c3)cccc2c1C(C)C. The van der Waals surface area contributed by atoms with Gasteiger partial charge in [-0.2, -0.15) is 0 Å². The van der Waals surface area contributed by atoms with Crippen molar-refractivity contribution in [3.05, 3.63) is 57.8 Å². The Morgan fingerprint density at radius 1 is 1.12 bits per heavy atom. The normalized spacial score (nSPS) is 11.2.